The second-order valence-electron chi connectivity index (χ2n) is 4.07. The zero-order chi connectivity index (χ0) is 10.1. The van der Waals surface area contributed by atoms with Gasteiger partial charge in [-0.05, 0) is 23.5 Å². The number of benzene rings is 1. The van der Waals surface area contributed by atoms with Crippen LogP contribution in [0.25, 0.3) is 0 Å². The molecule has 0 spiro atoms. The molecule has 2 N–H and O–H groups in total. The molecule has 0 radical (unpaired) electrons. The number of methoxy groups -OCH3 is 1. The molecule has 0 heterocycles. The van der Waals surface area contributed by atoms with E-state index in [-0.39, 0.29) is 12.1 Å². The fraction of sp³-hybridized carbons (Fsp3) is 0.500. The third-order valence-corrected chi connectivity index (χ3v) is 3.18. The van der Waals surface area contributed by atoms with Crippen LogP contribution in [0, 0.1) is 0 Å². The van der Waals surface area contributed by atoms with Gasteiger partial charge in [0.2, 0.25) is 0 Å². The Morgan fingerprint density at radius 3 is 2.57 bits per heavy atom. The van der Waals surface area contributed by atoms with Crippen LogP contribution in [-0.2, 0) is 4.74 Å². The lowest BCUT2D eigenvalue weighted by atomic mass is 9.79. The first-order chi connectivity index (χ1) is 6.74. The van der Waals surface area contributed by atoms with Crippen LogP contribution in [0.3, 0.4) is 0 Å². The minimum atomic E-state index is 0.0346. The van der Waals surface area contributed by atoms with Gasteiger partial charge < -0.3 is 10.5 Å². The van der Waals surface area contributed by atoms with Crippen LogP contribution in [0.1, 0.15) is 36.4 Å². The van der Waals surface area contributed by atoms with Gasteiger partial charge in [-0.1, -0.05) is 31.2 Å². The standard InChI is InChI=1S/C12H17NO/c1-8-7-11(14-2)12(13)10-6-4-3-5-9(8)10/h3-6,8,11-12H,7,13H2,1-2H3. The Morgan fingerprint density at radius 2 is 1.93 bits per heavy atom. The molecule has 3 atom stereocenters. The second-order valence-corrected chi connectivity index (χ2v) is 4.07. The highest BCUT2D eigenvalue weighted by Gasteiger charge is 2.30. The summed E-state index contributed by atoms with van der Waals surface area (Å²) in [5.41, 5.74) is 8.77. The molecule has 1 aromatic rings. The van der Waals surface area contributed by atoms with Gasteiger partial charge in [0.15, 0.2) is 0 Å². The first kappa shape index (κ1) is 9.69. The van der Waals surface area contributed by atoms with E-state index in [4.69, 9.17) is 10.5 Å². The molecule has 1 aliphatic carbocycles. The van der Waals surface area contributed by atoms with Crippen molar-refractivity contribution in [2.24, 2.45) is 5.73 Å². The van der Waals surface area contributed by atoms with Gasteiger partial charge >= 0.3 is 0 Å². The lowest BCUT2D eigenvalue weighted by molar-refractivity contribution is 0.0616. The summed E-state index contributed by atoms with van der Waals surface area (Å²) in [4.78, 5) is 0. The second kappa shape index (κ2) is 3.71. The highest BCUT2D eigenvalue weighted by Crippen LogP contribution is 2.36. The third-order valence-electron chi connectivity index (χ3n) is 3.18. The van der Waals surface area contributed by atoms with Crippen molar-refractivity contribution in [2.45, 2.75) is 31.4 Å². The van der Waals surface area contributed by atoms with Crippen LogP contribution in [0.2, 0.25) is 0 Å². The molecule has 2 heteroatoms. The molecule has 3 unspecified atom stereocenters. The normalized spacial score (nSPS) is 31.2. The summed E-state index contributed by atoms with van der Waals surface area (Å²) in [6.07, 6.45) is 1.19. The van der Waals surface area contributed by atoms with E-state index in [1.54, 1.807) is 7.11 Å². The van der Waals surface area contributed by atoms with E-state index in [2.05, 4.69) is 25.1 Å². The molecule has 14 heavy (non-hydrogen) atoms. The maximum atomic E-state index is 6.14. The van der Waals surface area contributed by atoms with Crippen LogP contribution < -0.4 is 5.73 Å². The smallest absolute Gasteiger partial charge is 0.0769 e. The van der Waals surface area contributed by atoms with Crippen molar-refractivity contribution in [3.05, 3.63) is 35.4 Å². The third kappa shape index (κ3) is 1.45. The van der Waals surface area contributed by atoms with E-state index in [9.17, 15) is 0 Å². The largest absolute Gasteiger partial charge is 0.379 e. The number of ether oxygens (including phenoxy) is 1. The summed E-state index contributed by atoms with van der Waals surface area (Å²) in [5.74, 6) is 0.552. The summed E-state index contributed by atoms with van der Waals surface area (Å²) in [6.45, 7) is 2.23. The Labute approximate surface area is 85.1 Å². The molecule has 0 fully saturated rings. The molecule has 1 aliphatic rings. The zero-order valence-electron chi connectivity index (χ0n) is 8.73. The lowest BCUT2D eigenvalue weighted by Gasteiger charge is -2.33. The van der Waals surface area contributed by atoms with Crippen molar-refractivity contribution in [1.29, 1.82) is 0 Å². The van der Waals surface area contributed by atoms with E-state index >= 15 is 0 Å². The topological polar surface area (TPSA) is 35.2 Å². The minimum Gasteiger partial charge on any atom is -0.379 e. The molecule has 2 nitrogen and oxygen atoms in total. The summed E-state index contributed by atoms with van der Waals surface area (Å²) in [7, 11) is 1.74. The van der Waals surface area contributed by atoms with Crippen LogP contribution in [-0.4, -0.2) is 13.2 Å². The van der Waals surface area contributed by atoms with Gasteiger partial charge in [-0.25, -0.2) is 0 Å². The average Bonchev–Trinajstić information content (AvgIpc) is 2.23. The van der Waals surface area contributed by atoms with E-state index in [0.29, 0.717) is 5.92 Å². The lowest BCUT2D eigenvalue weighted by Crippen LogP contribution is -2.34. The molecule has 76 valence electrons. The highest BCUT2D eigenvalue weighted by molar-refractivity contribution is 5.35. The number of fused-ring (bicyclic) bond motifs is 1. The van der Waals surface area contributed by atoms with Crippen LogP contribution in [0.4, 0.5) is 0 Å². The molecule has 0 saturated heterocycles. The van der Waals surface area contributed by atoms with Gasteiger partial charge in [-0.15, -0.1) is 0 Å². The summed E-state index contributed by atoms with van der Waals surface area (Å²) < 4.78 is 5.41. The predicted octanol–water partition coefficient (Wildman–Crippen LogP) is 2.21. The summed E-state index contributed by atoms with van der Waals surface area (Å²) in [5, 5.41) is 0. The molecule has 1 aromatic carbocycles. The zero-order valence-corrected chi connectivity index (χ0v) is 8.73. The SMILES string of the molecule is COC1CC(C)c2ccccc2C1N. The van der Waals surface area contributed by atoms with Crippen LogP contribution in [0.5, 0.6) is 0 Å². The molecule has 0 saturated carbocycles. The molecular weight excluding hydrogens is 174 g/mol. The Hall–Kier alpha value is -0.860. The van der Waals surface area contributed by atoms with E-state index in [0.717, 1.165) is 6.42 Å². The number of nitrogens with two attached hydrogens (primary N) is 1. The number of hydrogen-bond acceptors (Lipinski definition) is 2. The Kier molecular flexibility index (Phi) is 2.57. The summed E-state index contributed by atoms with van der Waals surface area (Å²) >= 11 is 0. The van der Waals surface area contributed by atoms with Crippen molar-refractivity contribution in [3.8, 4) is 0 Å². The minimum absolute atomic E-state index is 0.0346. The quantitative estimate of drug-likeness (QED) is 0.738. The van der Waals surface area contributed by atoms with Gasteiger partial charge in [-0.3, -0.25) is 0 Å². The monoisotopic (exact) mass is 191 g/mol. The molecule has 0 aliphatic heterocycles. The average molecular weight is 191 g/mol. The van der Waals surface area contributed by atoms with Crippen molar-refractivity contribution >= 4 is 0 Å². The fourth-order valence-electron chi connectivity index (χ4n) is 2.33. The first-order valence-electron chi connectivity index (χ1n) is 5.11. The molecule has 0 bridgehead atoms. The van der Waals surface area contributed by atoms with Crippen molar-refractivity contribution in [2.75, 3.05) is 7.11 Å². The Morgan fingerprint density at radius 1 is 1.29 bits per heavy atom. The number of hydrogen-bond donors (Lipinski definition) is 1. The van der Waals surface area contributed by atoms with Gasteiger partial charge in [0.25, 0.3) is 0 Å². The molecule has 0 aromatic heterocycles. The Balaban J connectivity index is 2.41. The molecule has 0 amide bonds. The van der Waals surface area contributed by atoms with Crippen molar-refractivity contribution in [1.82, 2.24) is 0 Å². The maximum Gasteiger partial charge on any atom is 0.0769 e. The Bertz CT molecular complexity index is 324. The fourth-order valence-corrected chi connectivity index (χ4v) is 2.33. The van der Waals surface area contributed by atoms with E-state index in [1.807, 2.05) is 6.07 Å². The molecule has 2 rings (SSSR count). The highest BCUT2D eigenvalue weighted by atomic mass is 16.5. The van der Waals surface area contributed by atoms with Crippen LogP contribution >= 0.6 is 0 Å². The van der Waals surface area contributed by atoms with Gasteiger partial charge in [-0.2, -0.15) is 0 Å². The van der Waals surface area contributed by atoms with Gasteiger partial charge in [0, 0.05) is 7.11 Å². The first-order valence-corrected chi connectivity index (χ1v) is 5.11. The van der Waals surface area contributed by atoms with Gasteiger partial charge in [0.05, 0.1) is 12.1 Å². The van der Waals surface area contributed by atoms with Gasteiger partial charge in [0.1, 0.15) is 0 Å². The maximum absolute atomic E-state index is 6.14. The number of rotatable bonds is 1. The van der Waals surface area contributed by atoms with Crippen molar-refractivity contribution in [3.63, 3.8) is 0 Å². The van der Waals surface area contributed by atoms with E-state index < -0.39 is 0 Å². The van der Waals surface area contributed by atoms with Crippen LogP contribution in [0.15, 0.2) is 24.3 Å². The van der Waals surface area contributed by atoms with E-state index in [1.165, 1.54) is 11.1 Å². The van der Waals surface area contributed by atoms with Crippen molar-refractivity contribution < 1.29 is 4.74 Å². The summed E-state index contributed by atoms with van der Waals surface area (Å²) in [6, 6.07) is 8.44. The predicted molar refractivity (Wildman–Crippen MR) is 57.2 cm³/mol. The molecular formula is C12H17NO.